The first-order valence-corrected chi connectivity index (χ1v) is 9.67. The molecule has 1 aliphatic rings. The van der Waals surface area contributed by atoms with Crippen molar-refractivity contribution in [2.45, 2.75) is 13.8 Å². The van der Waals surface area contributed by atoms with Crippen LogP contribution in [0.15, 0.2) is 48.5 Å². The Morgan fingerprint density at radius 1 is 1.27 bits per heavy atom. The fourth-order valence-electron chi connectivity index (χ4n) is 3.25. The van der Waals surface area contributed by atoms with Gasteiger partial charge in [0.15, 0.2) is 6.61 Å². The molecule has 0 radical (unpaired) electrons. The topological polar surface area (TPSA) is 85.3 Å². The molecule has 1 aliphatic heterocycles. The smallest absolute Gasteiger partial charge is 0.262 e. The van der Waals surface area contributed by atoms with Crippen LogP contribution < -0.4 is 15.4 Å². The van der Waals surface area contributed by atoms with E-state index in [0.717, 1.165) is 22.6 Å². The molecule has 2 N–H and O–H groups in total. The fraction of sp³-hybridized carbons (Fsp3) is 0.136. The molecule has 2 heterocycles. The van der Waals surface area contributed by atoms with Crippen LogP contribution in [0.3, 0.4) is 0 Å². The molecule has 0 unspecified atom stereocenters. The van der Waals surface area contributed by atoms with Gasteiger partial charge in [0, 0.05) is 23.4 Å². The molecule has 2 amide bonds. The zero-order chi connectivity index (χ0) is 21.3. The lowest BCUT2D eigenvalue weighted by molar-refractivity contribution is -0.118. The second-order valence-electron chi connectivity index (χ2n) is 6.82. The molecule has 7 nitrogen and oxygen atoms in total. The summed E-state index contributed by atoms with van der Waals surface area (Å²) in [5.74, 6) is -0.142. The second-order valence-corrected chi connectivity index (χ2v) is 7.23. The third-order valence-corrected chi connectivity index (χ3v) is 5.02. The quantitative estimate of drug-likeness (QED) is 0.619. The molecule has 2 aromatic carbocycles. The summed E-state index contributed by atoms with van der Waals surface area (Å²) in [6.45, 7) is 3.78. The molecule has 0 fully saturated rings. The largest absolute Gasteiger partial charge is 0.482 e. The summed E-state index contributed by atoms with van der Waals surface area (Å²) >= 11 is 6.23. The number of halogens is 1. The van der Waals surface area contributed by atoms with Crippen LogP contribution in [0.4, 0.5) is 11.4 Å². The van der Waals surface area contributed by atoms with Gasteiger partial charge in [-0.25, -0.2) is 4.68 Å². The lowest BCUT2D eigenvalue weighted by Crippen LogP contribution is -2.25. The number of para-hydroxylation sites is 1. The molecule has 0 saturated carbocycles. The lowest BCUT2D eigenvalue weighted by Gasteiger charge is -2.19. The van der Waals surface area contributed by atoms with E-state index in [1.165, 1.54) is 6.08 Å². The molecule has 0 atom stereocenters. The van der Waals surface area contributed by atoms with Crippen LogP contribution in [0.25, 0.3) is 11.8 Å². The third kappa shape index (κ3) is 3.92. The maximum absolute atomic E-state index is 12.5. The lowest BCUT2D eigenvalue weighted by atomic mass is 10.1. The molecule has 0 bridgehead atoms. The predicted molar refractivity (Wildman–Crippen MR) is 116 cm³/mol. The van der Waals surface area contributed by atoms with Crippen LogP contribution in [0, 0.1) is 13.8 Å². The average Bonchev–Trinajstić information content (AvgIpc) is 3.01. The van der Waals surface area contributed by atoms with Gasteiger partial charge < -0.3 is 15.4 Å². The summed E-state index contributed by atoms with van der Waals surface area (Å²) in [6.07, 6.45) is 3.17. The Labute approximate surface area is 178 Å². The van der Waals surface area contributed by atoms with E-state index in [1.54, 1.807) is 18.2 Å². The van der Waals surface area contributed by atoms with E-state index in [2.05, 4.69) is 15.7 Å². The highest BCUT2D eigenvalue weighted by Crippen LogP contribution is 2.36. The van der Waals surface area contributed by atoms with E-state index in [1.807, 2.05) is 48.9 Å². The SMILES string of the molecule is Cc1nn(-c2ccccc2)c(C)c1/C=C/C(=O)Nc1cc2c(cc1Cl)NC(=O)CO2. The van der Waals surface area contributed by atoms with E-state index in [-0.39, 0.29) is 18.4 Å². The van der Waals surface area contributed by atoms with Gasteiger partial charge in [0.25, 0.3) is 5.91 Å². The van der Waals surface area contributed by atoms with Crippen LogP contribution in [0.1, 0.15) is 17.0 Å². The van der Waals surface area contributed by atoms with Crippen LogP contribution in [-0.4, -0.2) is 28.2 Å². The number of ether oxygens (including phenoxy) is 1. The molecule has 0 aliphatic carbocycles. The summed E-state index contributed by atoms with van der Waals surface area (Å²) in [5, 5.41) is 10.3. The van der Waals surface area contributed by atoms with Gasteiger partial charge in [-0.1, -0.05) is 29.8 Å². The van der Waals surface area contributed by atoms with Gasteiger partial charge in [-0.05, 0) is 38.1 Å². The number of amides is 2. The minimum Gasteiger partial charge on any atom is -0.482 e. The van der Waals surface area contributed by atoms with Crippen LogP contribution in [-0.2, 0) is 9.59 Å². The number of nitrogens with zero attached hydrogens (tertiary/aromatic N) is 2. The van der Waals surface area contributed by atoms with Crippen molar-refractivity contribution in [2.75, 3.05) is 17.2 Å². The van der Waals surface area contributed by atoms with E-state index >= 15 is 0 Å². The first-order chi connectivity index (χ1) is 14.4. The van der Waals surface area contributed by atoms with E-state index in [4.69, 9.17) is 16.3 Å². The zero-order valence-corrected chi connectivity index (χ0v) is 17.2. The molecule has 4 rings (SSSR count). The Balaban J connectivity index is 1.53. The molecule has 1 aromatic heterocycles. The monoisotopic (exact) mass is 422 g/mol. The van der Waals surface area contributed by atoms with Gasteiger partial charge in [0.1, 0.15) is 5.75 Å². The summed E-state index contributed by atoms with van der Waals surface area (Å²) in [6, 6.07) is 12.9. The van der Waals surface area contributed by atoms with Gasteiger partial charge in [0.05, 0.1) is 27.8 Å². The van der Waals surface area contributed by atoms with Crippen LogP contribution in [0.5, 0.6) is 5.75 Å². The standard InChI is InChI=1S/C22H19ClN4O3/c1-13-16(14(2)27(26-13)15-6-4-3-5-7-15)8-9-21(28)24-18-11-20-19(10-17(18)23)25-22(29)12-30-20/h3-11H,12H2,1-2H3,(H,24,28)(H,25,29)/b9-8+. The number of aryl methyl sites for hydroxylation is 1. The van der Waals surface area contributed by atoms with Crippen molar-refractivity contribution in [3.8, 4) is 11.4 Å². The highest BCUT2D eigenvalue weighted by atomic mass is 35.5. The number of anilines is 2. The van der Waals surface area contributed by atoms with Gasteiger partial charge in [-0.2, -0.15) is 5.10 Å². The number of carbonyl (C=O) groups is 2. The number of nitrogens with one attached hydrogen (secondary N) is 2. The first-order valence-electron chi connectivity index (χ1n) is 9.29. The Hall–Kier alpha value is -3.58. The Bertz CT molecular complexity index is 1170. The van der Waals surface area contributed by atoms with Crippen molar-refractivity contribution in [3.63, 3.8) is 0 Å². The van der Waals surface area contributed by atoms with Crippen molar-refractivity contribution >= 4 is 40.9 Å². The molecule has 30 heavy (non-hydrogen) atoms. The number of hydrogen-bond acceptors (Lipinski definition) is 4. The zero-order valence-electron chi connectivity index (χ0n) is 16.4. The third-order valence-electron chi connectivity index (χ3n) is 4.71. The maximum Gasteiger partial charge on any atom is 0.262 e. The highest BCUT2D eigenvalue weighted by Gasteiger charge is 2.19. The first kappa shape index (κ1) is 19.7. The molecule has 8 heteroatoms. The van der Waals surface area contributed by atoms with Crippen molar-refractivity contribution < 1.29 is 14.3 Å². The maximum atomic E-state index is 12.5. The van der Waals surface area contributed by atoms with E-state index in [9.17, 15) is 9.59 Å². The van der Waals surface area contributed by atoms with Gasteiger partial charge >= 0.3 is 0 Å². The van der Waals surface area contributed by atoms with Crippen molar-refractivity contribution in [1.82, 2.24) is 9.78 Å². The van der Waals surface area contributed by atoms with Gasteiger partial charge in [-0.15, -0.1) is 0 Å². The molecule has 0 saturated heterocycles. The van der Waals surface area contributed by atoms with Crippen LogP contribution >= 0.6 is 11.6 Å². The van der Waals surface area contributed by atoms with Crippen molar-refractivity contribution in [3.05, 3.63) is 70.5 Å². The molecule has 152 valence electrons. The second kappa shape index (κ2) is 8.04. The molecular formula is C22H19ClN4O3. The Kier molecular flexibility index (Phi) is 5.29. The van der Waals surface area contributed by atoms with E-state index in [0.29, 0.717) is 22.1 Å². The minimum atomic E-state index is -0.344. The van der Waals surface area contributed by atoms with Gasteiger partial charge in [0.2, 0.25) is 5.91 Å². The number of rotatable bonds is 4. The van der Waals surface area contributed by atoms with Crippen molar-refractivity contribution in [1.29, 1.82) is 0 Å². The molecular weight excluding hydrogens is 404 g/mol. The summed E-state index contributed by atoms with van der Waals surface area (Å²) in [7, 11) is 0. The summed E-state index contributed by atoms with van der Waals surface area (Å²) in [4.78, 5) is 23.9. The van der Waals surface area contributed by atoms with E-state index < -0.39 is 0 Å². The number of fused-ring (bicyclic) bond motifs is 1. The molecule has 3 aromatic rings. The number of hydrogen-bond donors (Lipinski definition) is 2. The summed E-state index contributed by atoms with van der Waals surface area (Å²) in [5.41, 5.74) is 4.45. The number of aromatic nitrogens is 2. The van der Waals surface area contributed by atoms with Gasteiger partial charge in [-0.3, -0.25) is 9.59 Å². The molecule has 0 spiro atoms. The normalized spacial score (nSPS) is 13.0. The van der Waals surface area contributed by atoms with Crippen LogP contribution in [0.2, 0.25) is 5.02 Å². The van der Waals surface area contributed by atoms with Crippen molar-refractivity contribution in [2.24, 2.45) is 0 Å². The average molecular weight is 423 g/mol. The summed E-state index contributed by atoms with van der Waals surface area (Å²) < 4.78 is 7.21. The minimum absolute atomic E-state index is 0.0775. The number of benzene rings is 2. The highest BCUT2D eigenvalue weighted by molar-refractivity contribution is 6.34. The predicted octanol–water partition coefficient (Wildman–Crippen LogP) is 4.13. The Morgan fingerprint density at radius 2 is 2.03 bits per heavy atom. The number of carbonyl (C=O) groups excluding carboxylic acids is 2. The fourth-order valence-corrected chi connectivity index (χ4v) is 3.46. The Morgan fingerprint density at radius 3 is 2.80 bits per heavy atom.